The Kier molecular flexibility index (Phi) is 3.96. The molecule has 3 N–H and O–H groups in total. The number of amides is 2. The summed E-state index contributed by atoms with van der Waals surface area (Å²) in [6.45, 7) is 2.51. The Bertz CT molecular complexity index is 384. The standard InChI is InChI=1S/C10H13N3O3/c1-6(15)11-9-3-8(5-14)4-10(13-9)12-7(2)16/h3-4,14H,5H2,1-2H3,(H2,11,12,13,15,16). The maximum Gasteiger partial charge on any atom is 0.222 e. The molecule has 0 unspecified atom stereocenters. The van der Waals surface area contributed by atoms with Crippen LogP contribution in [-0.4, -0.2) is 21.9 Å². The van der Waals surface area contributed by atoms with Crippen LogP contribution < -0.4 is 10.6 Å². The van der Waals surface area contributed by atoms with Crippen LogP contribution in [0.15, 0.2) is 12.1 Å². The van der Waals surface area contributed by atoms with E-state index in [9.17, 15) is 9.59 Å². The third-order valence-electron chi connectivity index (χ3n) is 1.68. The first-order chi connectivity index (χ1) is 7.51. The van der Waals surface area contributed by atoms with Gasteiger partial charge in [-0.05, 0) is 17.7 Å². The van der Waals surface area contributed by atoms with Gasteiger partial charge in [-0.25, -0.2) is 4.98 Å². The molecule has 86 valence electrons. The lowest BCUT2D eigenvalue weighted by Crippen LogP contribution is -2.12. The van der Waals surface area contributed by atoms with Gasteiger partial charge in [-0.3, -0.25) is 9.59 Å². The molecule has 0 bridgehead atoms. The molecule has 1 rings (SSSR count). The van der Waals surface area contributed by atoms with Crippen LogP contribution in [0.2, 0.25) is 0 Å². The summed E-state index contributed by atoms with van der Waals surface area (Å²) in [6.07, 6.45) is 0. The molecular formula is C10H13N3O3. The van der Waals surface area contributed by atoms with E-state index in [1.165, 1.54) is 26.0 Å². The predicted molar refractivity (Wildman–Crippen MR) is 58.8 cm³/mol. The zero-order valence-electron chi connectivity index (χ0n) is 9.07. The zero-order valence-corrected chi connectivity index (χ0v) is 9.07. The van der Waals surface area contributed by atoms with Crippen LogP contribution in [0.5, 0.6) is 0 Å². The molecule has 6 heteroatoms. The highest BCUT2D eigenvalue weighted by molar-refractivity contribution is 5.90. The fraction of sp³-hybridized carbons (Fsp3) is 0.300. The molecule has 1 aromatic heterocycles. The van der Waals surface area contributed by atoms with Crippen molar-refractivity contribution in [2.75, 3.05) is 10.6 Å². The van der Waals surface area contributed by atoms with Crippen LogP contribution in [0.1, 0.15) is 19.4 Å². The van der Waals surface area contributed by atoms with Gasteiger partial charge in [0.15, 0.2) is 0 Å². The highest BCUT2D eigenvalue weighted by Crippen LogP contribution is 2.14. The van der Waals surface area contributed by atoms with Crippen molar-refractivity contribution in [2.24, 2.45) is 0 Å². The minimum absolute atomic E-state index is 0.193. The van der Waals surface area contributed by atoms with Crippen molar-refractivity contribution < 1.29 is 14.7 Å². The van der Waals surface area contributed by atoms with Crippen molar-refractivity contribution >= 4 is 23.5 Å². The molecular weight excluding hydrogens is 210 g/mol. The van der Waals surface area contributed by atoms with Crippen LogP contribution in [-0.2, 0) is 16.2 Å². The molecule has 0 fully saturated rings. The molecule has 0 saturated carbocycles. The van der Waals surface area contributed by atoms with Gasteiger partial charge in [-0.1, -0.05) is 0 Å². The van der Waals surface area contributed by atoms with Crippen LogP contribution in [0.25, 0.3) is 0 Å². The van der Waals surface area contributed by atoms with E-state index >= 15 is 0 Å². The van der Waals surface area contributed by atoms with Gasteiger partial charge >= 0.3 is 0 Å². The Morgan fingerprint density at radius 3 is 1.94 bits per heavy atom. The maximum atomic E-state index is 10.8. The minimum atomic E-state index is -0.267. The number of carbonyl (C=O) groups excluding carboxylic acids is 2. The van der Waals surface area contributed by atoms with Gasteiger partial charge in [0.25, 0.3) is 0 Å². The molecule has 1 heterocycles. The van der Waals surface area contributed by atoms with E-state index in [1.807, 2.05) is 0 Å². The number of rotatable bonds is 3. The van der Waals surface area contributed by atoms with Crippen molar-refractivity contribution in [3.8, 4) is 0 Å². The van der Waals surface area contributed by atoms with Gasteiger partial charge in [0.05, 0.1) is 6.61 Å². The van der Waals surface area contributed by atoms with Crippen molar-refractivity contribution in [1.82, 2.24) is 4.98 Å². The minimum Gasteiger partial charge on any atom is -0.392 e. The van der Waals surface area contributed by atoms with Gasteiger partial charge in [0.1, 0.15) is 11.6 Å². The highest BCUT2D eigenvalue weighted by Gasteiger charge is 2.04. The lowest BCUT2D eigenvalue weighted by atomic mass is 10.2. The third kappa shape index (κ3) is 3.66. The van der Waals surface area contributed by atoms with Gasteiger partial charge in [0, 0.05) is 13.8 Å². The third-order valence-corrected chi connectivity index (χ3v) is 1.68. The lowest BCUT2D eigenvalue weighted by Gasteiger charge is -2.07. The molecule has 0 aliphatic carbocycles. The van der Waals surface area contributed by atoms with Gasteiger partial charge < -0.3 is 15.7 Å². The fourth-order valence-corrected chi connectivity index (χ4v) is 1.17. The summed E-state index contributed by atoms with van der Waals surface area (Å²) in [7, 11) is 0. The van der Waals surface area contributed by atoms with Crippen molar-refractivity contribution in [2.45, 2.75) is 20.5 Å². The van der Waals surface area contributed by atoms with Crippen LogP contribution in [0.3, 0.4) is 0 Å². The average molecular weight is 223 g/mol. The first-order valence-corrected chi connectivity index (χ1v) is 4.68. The molecule has 16 heavy (non-hydrogen) atoms. The number of hydrogen-bond donors (Lipinski definition) is 3. The SMILES string of the molecule is CC(=O)Nc1cc(CO)cc(NC(C)=O)n1. The lowest BCUT2D eigenvalue weighted by molar-refractivity contribution is -0.115. The number of aromatic nitrogens is 1. The molecule has 2 amide bonds. The Balaban J connectivity index is 3.00. The second-order valence-electron chi connectivity index (χ2n) is 3.27. The van der Waals surface area contributed by atoms with Crippen LogP contribution >= 0.6 is 0 Å². The smallest absolute Gasteiger partial charge is 0.222 e. The van der Waals surface area contributed by atoms with E-state index in [-0.39, 0.29) is 18.4 Å². The molecule has 0 atom stereocenters. The number of nitrogens with one attached hydrogen (secondary N) is 2. The molecule has 0 aromatic carbocycles. The number of aliphatic hydroxyl groups is 1. The molecule has 0 spiro atoms. The van der Waals surface area contributed by atoms with E-state index in [0.717, 1.165) is 0 Å². The zero-order chi connectivity index (χ0) is 12.1. The summed E-state index contributed by atoms with van der Waals surface area (Å²) in [6, 6.07) is 3.07. The van der Waals surface area contributed by atoms with E-state index in [1.54, 1.807) is 0 Å². The quantitative estimate of drug-likeness (QED) is 0.695. The van der Waals surface area contributed by atoms with E-state index < -0.39 is 0 Å². The largest absolute Gasteiger partial charge is 0.392 e. The van der Waals surface area contributed by atoms with E-state index in [0.29, 0.717) is 17.2 Å². The van der Waals surface area contributed by atoms with E-state index in [4.69, 9.17) is 5.11 Å². The Labute approximate surface area is 92.7 Å². The van der Waals surface area contributed by atoms with Crippen LogP contribution in [0.4, 0.5) is 11.6 Å². The Morgan fingerprint density at radius 1 is 1.19 bits per heavy atom. The number of carbonyl (C=O) groups is 2. The maximum absolute atomic E-state index is 10.8. The molecule has 6 nitrogen and oxygen atoms in total. The van der Waals surface area contributed by atoms with Crippen LogP contribution in [0, 0.1) is 0 Å². The summed E-state index contributed by atoms with van der Waals surface area (Å²) >= 11 is 0. The summed E-state index contributed by atoms with van der Waals surface area (Å²) < 4.78 is 0. The monoisotopic (exact) mass is 223 g/mol. The molecule has 0 radical (unpaired) electrons. The van der Waals surface area contributed by atoms with Crippen molar-refractivity contribution in [3.63, 3.8) is 0 Å². The molecule has 0 aliphatic rings. The Morgan fingerprint density at radius 2 is 1.62 bits per heavy atom. The Hall–Kier alpha value is -1.95. The second kappa shape index (κ2) is 5.22. The number of anilines is 2. The second-order valence-corrected chi connectivity index (χ2v) is 3.27. The molecule has 1 aromatic rings. The predicted octanol–water partition coefficient (Wildman–Crippen LogP) is 0.491. The summed E-state index contributed by atoms with van der Waals surface area (Å²) in [5, 5.41) is 14.0. The summed E-state index contributed by atoms with van der Waals surface area (Å²) in [5.41, 5.74) is 0.558. The van der Waals surface area contributed by atoms with Crippen molar-refractivity contribution in [1.29, 1.82) is 0 Å². The normalized spacial score (nSPS) is 9.69. The average Bonchev–Trinajstić information content (AvgIpc) is 2.14. The number of hydrogen-bond acceptors (Lipinski definition) is 4. The summed E-state index contributed by atoms with van der Waals surface area (Å²) in [4.78, 5) is 25.7. The molecule has 0 aliphatic heterocycles. The summed E-state index contributed by atoms with van der Waals surface area (Å²) in [5.74, 6) is 0.0540. The molecule has 0 saturated heterocycles. The van der Waals surface area contributed by atoms with Crippen molar-refractivity contribution in [3.05, 3.63) is 17.7 Å². The number of nitrogens with zero attached hydrogens (tertiary/aromatic N) is 1. The van der Waals surface area contributed by atoms with Gasteiger partial charge in [-0.15, -0.1) is 0 Å². The van der Waals surface area contributed by atoms with Gasteiger partial charge in [-0.2, -0.15) is 0 Å². The van der Waals surface area contributed by atoms with Gasteiger partial charge in [0.2, 0.25) is 11.8 Å². The highest BCUT2D eigenvalue weighted by atomic mass is 16.3. The fourth-order valence-electron chi connectivity index (χ4n) is 1.17. The van der Waals surface area contributed by atoms with E-state index in [2.05, 4.69) is 15.6 Å². The first kappa shape index (κ1) is 12.1. The number of aliphatic hydroxyl groups excluding tert-OH is 1. The first-order valence-electron chi connectivity index (χ1n) is 4.68. The topological polar surface area (TPSA) is 91.3 Å². The number of pyridine rings is 1.